The third kappa shape index (κ3) is 3.93. The van der Waals surface area contributed by atoms with Crippen LogP contribution in [-0.4, -0.2) is 43.9 Å². The third-order valence-electron chi connectivity index (χ3n) is 5.51. The third-order valence-corrected chi connectivity index (χ3v) is 5.51. The van der Waals surface area contributed by atoms with E-state index >= 15 is 0 Å². The molecule has 1 amide bonds. The predicted molar refractivity (Wildman–Crippen MR) is 102 cm³/mol. The first kappa shape index (κ1) is 17.9. The van der Waals surface area contributed by atoms with Gasteiger partial charge in [-0.05, 0) is 36.1 Å². The summed E-state index contributed by atoms with van der Waals surface area (Å²) in [5.74, 6) is 1.65. The summed E-state index contributed by atoms with van der Waals surface area (Å²) in [5, 5.41) is 0. The molecule has 0 N–H and O–H groups in total. The van der Waals surface area contributed by atoms with Gasteiger partial charge in [-0.25, -0.2) is 0 Å². The lowest BCUT2D eigenvalue weighted by Gasteiger charge is -2.32. The lowest BCUT2D eigenvalue weighted by Crippen LogP contribution is -2.41. The van der Waals surface area contributed by atoms with Crippen molar-refractivity contribution in [1.29, 1.82) is 0 Å². The monoisotopic (exact) mass is 367 g/mol. The van der Waals surface area contributed by atoms with Crippen molar-refractivity contribution in [1.82, 2.24) is 4.90 Å². The van der Waals surface area contributed by atoms with E-state index in [1.807, 2.05) is 48.3 Å². The molecular formula is C22H25NO4. The first-order valence-electron chi connectivity index (χ1n) is 9.50. The van der Waals surface area contributed by atoms with Crippen LogP contribution in [0.5, 0.6) is 11.5 Å². The average molecular weight is 367 g/mol. The van der Waals surface area contributed by atoms with Gasteiger partial charge in [-0.1, -0.05) is 36.4 Å². The Labute approximate surface area is 159 Å². The summed E-state index contributed by atoms with van der Waals surface area (Å²) in [5.41, 5.74) is 2.20. The van der Waals surface area contributed by atoms with Gasteiger partial charge in [0.05, 0.1) is 0 Å². The van der Waals surface area contributed by atoms with Crippen molar-refractivity contribution >= 4 is 5.91 Å². The molecule has 0 aliphatic carbocycles. The molecule has 2 heterocycles. The van der Waals surface area contributed by atoms with Crippen LogP contribution in [0, 0.1) is 0 Å². The molecule has 5 nitrogen and oxygen atoms in total. The Bertz CT molecular complexity index is 786. The number of hydrogen-bond acceptors (Lipinski definition) is 4. The minimum atomic E-state index is -0.0181. The van der Waals surface area contributed by atoms with Crippen LogP contribution in [0.1, 0.15) is 36.3 Å². The first-order valence-corrected chi connectivity index (χ1v) is 9.50. The fourth-order valence-corrected chi connectivity index (χ4v) is 3.84. The Kier molecular flexibility index (Phi) is 5.30. The zero-order chi connectivity index (χ0) is 18.6. The van der Waals surface area contributed by atoms with Gasteiger partial charge in [-0.15, -0.1) is 0 Å². The Hall–Kier alpha value is -2.53. The summed E-state index contributed by atoms with van der Waals surface area (Å²) < 4.78 is 16.4. The molecule has 0 radical (unpaired) electrons. The molecule has 1 saturated heterocycles. The topological polar surface area (TPSA) is 48.0 Å². The van der Waals surface area contributed by atoms with E-state index in [-0.39, 0.29) is 24.7 Å². The number of benzene rings is 2. The van der Waals surface area contributed by atoms with Crippen LogP contribution in [0.2, 0.25) is 0 Å². The maximum atomic E-state index is 13.1. The highest BCUT2D eigenvalue weighted by Gasteiger charge is 2.27. The van der Waals surface area contributed by atoms with E-state index in [1.54, 1.807) is 0 Å². The van der Waals surface area contributed by atoms with Crippen LogP contribution in [0.25, 0.3) is 0 Å². The van der Waals surface area contributed by atoms with Gasteiger partial charge in [0.2, 0.25) is 12.7 Å². The molecule has 142 valence electrons. The molecule has 2 aliphatic rings. The molecular weight excluding hydrogens is 342 g/mol. The number of fused-ring (bicyclic) bond motifs is 1. The van der Waals surface area contributed by atoms with Crippen LogP contribution < -0.4 is 9.47 Å². The van der Waals surface area contributed by atoms with Gasteiger partial charge in [0.15, 0.2) is 11.5 Å². The minimum Gasteiger partial charge on any atom is -0.454 e. The van der Waals surface area contributed by atoms with Gasteiger partial charge in [0, 0.05) is 38.6 Å². The van der Waals surface area contributed by atoms with E-state index < -0.39 is 0 Å². The second-order valence-electron chi connectivity index (χ2n) is 7.13. The zero-order valence-electron chi connectivity index (χ0n) is 15.6. The lowest BCUT2D eigenvalue weighted by molar-refractivity contribution is -0.133. The zero-order valence-corrected chi connectivity index (χ0v) is 15.6. The van der Waals surface area contributed by atoms with Crippen LogP contribution in [-0.2, 0) is 9.53 Å². The molecule has 0 spiro atoms. The minimum absolute atomic E-state index is 0.0181. The maximum Gasteiger partial charge on any atom is 0.231 e. The summed E-state index contributed by atoms with van der Waals surface area (Å²) >= 11 is 0. The van der Waals surface area contributed by atoms with Crippen molar-refractivity contribution < 1.29 is 19.0 Å². The molecule has 1 unspecified atom stereocenters. The Morgan fingerprint density at radius 3 is 2.56 bits per heavy atom. The quantitative estimate of drug-likeness (QED) is 0.811. The van der Waals surface area contributed by atoms with E-state index in [9.17, 15) is 4.79 Å². The lowest BCUT2D eigenvalue weighted by atomic mass is 9.87. The number of ether oxygens (including phenoxy) is 3. The van der Waals surface area contributed by atoms with Gasteiger partial charge in [0.25, 0.3) is 0 Å². The van der Waals surface area contributed by atoms with Crippen molar-refractivity contribution in [2.45, 2.75) is 31.2 Å². The van der Waals surface area contributed by atoms with E-state index in [2.05, 4.69) is 12.1 Å². The fraction of sp³-hybridized carbons (Fsp3) is 0.409. The van der Waals surface area contributed by atoms with Crippen LogP contribution in [0.3, 0.4) is 0 Å². The fourth-order valence-electron chi connectivity index (χ4n) is 3.84. The largest absolute Gasteiger partial charge is 0.454 e. The molecule has 0 bridgehead atoms. The molecule has 1 fully saturated rings. The molecule has 0 aromatic heterocycles. The summed E-state index contributed by atoms with van der Waals surface area (Å²) in [7, 11) is 1.92. The van der Waals surface area contributed by atoms with Gasteiger partial charge in [-0.2, -0.15) is 0 Å². The number of amides is 1. The van der Waals surface area contributed by atoms with Crippen molar-refractivity contribution in [3.05, 3.63) is 59.7 Å². The molecule has 27 heavy (non-hydrogen) atoms. The highest BCUT2D eigenvalue weighted by Crippen LogP contribution is 2.38. The Balaban J connectivity index is 1.58. The second-order valence-corrected chi connectivity index (χ2v) is 7.13. The average Bonchev–Trinajstić information content (AvgIpc) is 3.20. The number of rotatable bonds is 5. The van der Waals surface area contributed by atoms with Crippen LogP contribution in [0.15, 0.2) is 48.5 Å². The smallest absolute Gasteiger partial charge is 0.231 e. The van der Waals surface area contributed by atoms with Crippen molar-refractivity contribution in [2.24, 2.45) is 0 Å². The highest BCUT2D eigenvalue weighted by atomic mass is 16.7. The number of hydrogen-bond donors (Lipinski definition) is 0. The van der Waals surface area contributed by atoms with Crippen LogP contribution in [0.4, 0.5) is 0 Å². The molecule has 4 rings (SSSR count). The van der Waals surface area contributed by atoms with Gasteiger partial charge in [-0.3, -0.25) is 4.79 Å². The summed E-state index contributed by atoms with van der Waals surface area (Å²) in [6.45, 7) is 1.71. The normalized spacial score (nSPS) is 17.5. The van der Waals surface area contributed by atoms with Crippen molar-refractivity contribution in [3.8, 4) is 11.5 Å². The maximum absolute atomic E-state index is 13.1. The molecule has 2 aromatic rings. The second kappa shape index (κ2) is 8.01. The number of carbonyl (C=O) groups excluding carboxylic acids is 1. The summed E-state index contributed by atoms with van der Waals surface area (Å²) in [4.78, 5) is 15.0. The first-order chi connectivity index (χ1) is 13.2. The van der Waals surface area contributed by atoms with Gasteiger partial charge >= 0.3 is 0 Å². The standard InChI is InChI=1S/C22H25NO4/c1-23(18-9-11-25-12-10-18)22(24)14-19(16-5-3-2-4-6-16)17-7-8-20-21(13-17)27-15-26-20/h2-8,13,18-19H,9-12,14-15H2,1H3. The van der Waals surface area contributed by atoms with Gasteiger partial charge < -0.3 is 19.1 Å². The van der Waals surface area contributed by atoms with E-state index in [0.29, 0.717) is 6.42 Å². The summed E-state index contributed by atoms with van der Waals surface area (Å²) in [6, 6.07) is 16.4. The summed E-state index contributed by atoms with van der Waals surface area (Å²) in [6.07, 6.45) is 2.24. The number of nitrogens with zero attached hydrogens (tertiary/aromatic N) is 1. The van der Waals surface area contributed by atoms with E-state index in [1.165, 1.54) is 0 Å². The Morgan fingerprint density at radius 2 is 1.78 bits per heavy atom. The van der Waals surface area contributed by atoms with E-state index in [4.69, 9.17) is 14.2 Å². The van der Waals surface area contributed by atoms with Crippen molar-refractivity contribution in [3.63, 3.8) is 0 Å². The molecule has 5 heteroatoms. The number of carbonyl (C=O) groups is 1. The predicted octanol–water partition coefficient (Wildman–Crippen LogP) is 3.57. The van der Waals surface area contributed by atoms with E-state index in [0.717, 1.165) is 48.7 Å². The van der Waals surface area contributed by atoms with Crippen LogP contribution >= 0.6 is 0 Å². The van der Waals surface area contributed by atoms with Crippen molar-refractivity contribution in [2.75, 3.05) is 27.1 Å². The van der Waals surface area contributed by atoms with Gasteiger partial charge in [0.1, 0.15) is 0 Å². The highest BCUT2D eigenvalue weighted by molar-refractivity contribution is 5.78. The molecule has 0 saturated carbocycles. The molecule has 1 atom stereocenters. The molecule has 2 aromatic carbocycles. The molecule has 2 aliphatic heterocycles. The Morgan fingerprint density at radius 1 is 1.04 bits per heavy atom. The SMILES string of the molecule is CN(C(=O)CC(c1ccccc1)c1ccc2c(c1)OCO2)C1CCOCC1.